The van der Waals surface area contributed by atoms with Crippen LogP contribution in [0, 0.1) is 0 Å². The predicted octanol–water partition coefficient (Wildman–Crippen LogP) is 2.81. The minimum absolute atomic E-state index is 0.617. The quantitative estimate of drug-likeness (QED) is 0.353. The molecule has 7 nitrogen and oxygen atoms in total. The van der Waals surface area contributed by atoms with Gasteiger partial charge in [-0.2, -0.15) is 52.6 Å². The van der Waals surface area contributed by atoms with E-state index in [1.54, 1.807) is 0 Å². The van der Waals surface area contributed by atoms with Crippen molar-refractivity contribution in [3.63, 3.8) is 0 Å². The number of rotatable bonds is 10. The minimum atomic E-state index is -7.92. The van der Waals surface area contributed by atoms with E-state index in [1.807, 2.05) is 0 Å². The highest BCUT2D eigenvalue weighted by Crippen LogP contribution is 2.58. The Morgan fingerprint density at radius 1 is 0.862 bits per heavy atom. The Balaban J connectivity index is 6.18. The maximum atomic E-state index is 13.7. The molecule has 176 valence electrons. The van der Waals surface area contributed by atoms with Crippen LogP contribution >= 0.6 is 7.82 Å². The van der Waals surface area contributed by atoms with Gasteiger partial charge in [0.1, 0.15) is 0 Å². The smallest absolute Gasteiger partial charge is 0.303 e. The van der Waals surface area contributed by atoms with Crippen molar-refractivity contribution in [2.45, 2.75) is 36.1 Å². The Morgan fingerprint density at radius 2 is 1.28 bits per heavy atom. The van der Waals surface area contributed by atoms with Crippen molar-refractivity contribution in [3.8, 4) is 0 Å². The molecule has 0 saturated carbocycles. The molecule has 29 heavy (non-hydrogen) atoms. The highest BCUT2D eigenvalue weighted by atomic mass is 32.2. The average Bonchev–Trinajstić information content (AvgIpc) is 2.48. The van der Waals surface area contributed by atoms with Crippen LogP contribution in [0.4, 0.5) is 48.3 Å². The van der Waals surface area contributed by atoms with Crippen LogP contribution in [0.2, 0.25) is 0 Å². The summed E-state index contributed by atoms with van der Waals surface area (Å²) in [5.74, 6) is -23.5. The van der Waals surface area contributed by atoms with Crippen LogP contribution in [0.3, 0.4) is 0 Å². The molecule has 0 aliphatic carbocycles. The number of alkyl halides is 11. The number of likely N-dealkylation sites (N-methyl/N-ethyl adjacent to an activating group) is 1. The topological polar surface area (TPSA) is 104 Å². The van der Waals surface area contributed by atoms with Gasteiger partial charge in [0.2, 0.25) is 0 Å². The van der Waals surface area contributed by atoms with E-state index in [0.29, 0.717) is 6.92 Å². The third kappa shape index (κ3) is 4.95. The van der Waals surface area contributed by atoms with E-state index in [1.165, 1.54) is 0 Å². The van der Waals surface area contributed by atoms with Crippen molar-refractivity contribution >= 4 is 17.8 Å². The van der Waals surface area contributed by atoms with E-state index in [2.05, 4.69) is 4.52 Å². The summed E-state index contributed by atoms with van der Waals surface area (Å²) in [5, 5.41) is -7.21. The van der Waals surface area contributed by atoms with Gasteiger partial charge in [0.15, 0.2) is 0 Å². The molecule has 0 heterocycles. The zero-order valence-corrected chi connectivity index (χ0v) is 15.3. The van der Waals surface area contributed by atoms with Gasteiger partial charge >= 0.3 is 37.0 Å². The lowest BCUT2D eigenvalue weighted by Crippen LogP contribution is -2.69. The first-order valence-electron chi connectivity index (χ1n) is 6.69. The van der Waals surface area contributed by atoms with Crippen LogP contribution < -0.4 is 0 Å². The molecule has 0 aliphatic rings. The first-order valence-corrected chi connectivity index (χ1v) is 9.66. The fourth-order valence-electron chi connectivity index (χ4n) is 1.59. The van der Waals surface area contributed by atoms with E-state index in [0.717, 1.165) is 0 Å². The van der Waals surface area contributed by atoms with Gasteiger partial charge in [-0.25, -0.2) is 13.0 Å². The number of phosphoric acid groups is 1. The lowest BCUT2D eigenvalue weighted by atomic mass is 10.0. The third-order valence-electron chi connectivity index (χ3n) is 3.13. The van der Waals surface area contributed by atoms with Gasteiger partial charge in [0.05, 0.1) is 6.61 Å². The fraction of sp³-hybridized carbons (Fsp3) is 1.00. The van der Waals surface area contributed by atoms with Crippen LogP contribution in [0.15, 0.2) is 0 Å². The van der Waals surface area contributed by atoms with E-state index in [4.69, 9.17) is 9.79 Å². The van der Waals surface area contributed by atoms with Gasteiger partial charge in [-0.1, -0.05) is 6.92 Å². The normalized spacial score (nSPS) is 15.8. The highest BCUT2D eigenvalue weighted by molar-refractivity contribution is 7.90. The second-order valence-electron chi connectivity index (χ2n) is 5.06. The molecule has 0 atom stereocenters. The molecule has 0 rings (SSSR count). The molecule has 2 N–H and O–H groups in total. The first kappa shape index (κ1) is 28.2. The van der Waals surface area contributed by atoms with Gasteiger partial charge in [0, 0.05) is 13.1 Å². The summed E-state index contributed by atoms with van der Waals surface area (Å²) < 4.78 is 179. The van der Waals surface area contributed by atoms with Crippen molar-refractivity contribution in [3.05, 3.63) is 0 Å². The number of sulfonamides is 1. The second kappa shape index (κ2) is 8.07. The Hall–Kier alpha value is -0.750. The maximum absolute atomic E-state index is 13.7. The maximum Gasteiger partial charge on any atom is 0.469 e. The zero-order chi connectivity index (χ0) is 23.9. The molecule has 0 radical (unpaired) electrons. The first-order chi connectivity index (χ1) is 12.4. The molecule has 0 amide bonds. The van der Waals surface area contributed by atoms with Crippen LogP contribution in [-0.4, -0.2) is 71.4 Å². The van der Waals surface area contributed by atoms with E-state index in [-0.39, 0.29) is 0 Å². The molecule has 20 heteroatoms. The minimum Gasteiger partial charge on any atom is -0.303 e. The monoisotopic (exact) mass is 501 g/mol. The molecular weight excluding hydrogens is 490 g/mol. The van der Waals surface area contributed by atoms with Crippen molar-refractivity contribution in [2.75, 3.05) is 19.7 Å². The van der Waals surface area contributed by atoms with Crippen molar-refractivity contribution < 1.29 is 75.6 Å². The molecule has 0 aromatic rings. The largest absolute Gasteiger partial charge is 0.469 e. The molecule has 0 aliphatic heterocycles. The van der Waals surface area contributed by atoms with E-state index < -0.39 is 71.0 Å². The lowest BCUT2D eigenvalue weighted by Gasteiger charge is -2.38. The van der Waals surface area contributed by atoms with E-state index >= 15 is 0 Å². The summed E-state index contributed by atoms with van der Waals surface area (Å²) in [6, 6.07) is 0. The molecule has 0 unspecified atom stereocenters. The van der Waals surface area contributed by atoms with Gasteiger partial charge in [-0.3, -0.25) is 4.52 Å². The average molecular weight is 501 g/mol. The number of halogens is 11. The van der Waals surface area contributed by atoms with Crippen LogP contribution in [-0.2, 0) is 19.1 Å². The van der Waals surface area contributed by atoms with Crippen molar-refractivity contribution in [1.82, 2.24) is 4.31 Å². The SMILES string of the molecule is CCN(CCOP(=O)(O)O)S(=O)(=O)C(F)(F)C(F)(F)C(F)(F)C(F)(F)C(F)(F)F. The Labute approximate surface area is 154 Å². The summed E-state index contributed by atoms with van der Waals surface area (Å²) >= 11 is 0. The molecule has 0 bridgehead atoms. The molecule has 0 fully saturated rings. The molecule has 0 spiro atoms. The molecular formula is C9H11F11NO6PS. The Kier molecular flexibility index (Phi) is 7.86. The summed E-state index contributed by atoms with van der Waals surface area (Å²) in [4.78, 5) is 16.7. The van der Waals surface area contributed by atoms with Gasteiger partial charge in [-0.15, -0.1) is 0 Å². The van der Waals surface area contributed by atoms with Gasteiger partial charge in [0.25, 0.3) is 10.0 Å². The summed E-state index contributed by atoms with van der Waals surface area (Å²) in [7, 11) is -12.4. The molecule has 0 aromatic heterocycles. The number of phosphoric ester groups is 1. The van der Waals surface area contributed by atoms with Crippen molar-refractivity contribution in [1.29, 1.82) is 0 Å². The van der Waals surface area contributed by atoms with Crippen LogP contribution in [0.1, 0.15) is 6.92 Å². The third-order valence-corrected chi connectivity index (χ3v) is 5.67. The fourth-order valence-corrected chi connectivity index (χ4v) is 3.34. The summed E-state index contributed by atoms with van der Waals surface area (Å²) in [6.45, 7) is -3.71. The number of hydrogen-bond acceptors (Lipinski definition) is 4. The van der Waals surface area contributed by atoms with Crippen molar-refractivity contribution in [2.24, 2.45) is 0 Å². The Bertz CT molecular complexity index is 734. The summed E-state index contributed by atoms with van der Waals surface area (Å²) in [6.07, 6.45) is -7.46. The van der Waals surface area contributed by atoms with Crippen LogP contribution in [0.25, 0.3) is 0 Å². The lowest BCUT2D eigenvalue weighted by molar-refractivity contribution is -0.413. The van der Waals surface area contributed by atoms with Gasteiger partial charge in [-0.05, 0) is 0 Å². The number of hydrogen-bond donors (Lipinski definition) is 2. The van der Waals surface area contributed by atoms with Gasteiger partial charge < -0.3 is 9.79 Å². The molecule has 0 saturated heterocycles. The predicted molar refractivity (Wildman–Crippen MR) is 70.0 cm³/mol. The van der Waals surface area contributed by atoms with E-state index in [9.17, 15) is 61.3 Å². The van der Waals surface area contributed by atoms with Crippen LogP contribution in [0.5, 0.6) is 0 Å². The number of nitrogens with zero attached hydrogens (tertiary/aromatic N) is 1. The Morgan fingerprint density at radius 3 is 1.59 bits per heavy atom. The molecule has 0 aromatic carbocycles. The highest BCUT2D eigenvalue weighted by Gasteiger charge is 2.89. The summed E-state index contributed by atoms with van der Waals surface area (Å²) in [5.41, 5.74) is 0. The second-order valence-corrected chi connectivity index (χ2v) is 8.28. The standard InChI is InChI=1S/C9H11F11NO6PS/c1-2-21(3-4-27-28(22,23)24)29(25,26)9(19,20)7(14,15)5(10,11)6(12,13)8(16,17)18/h2-4H2,1H3,(H2,22,23,24). The zero-order valence-electron chi connectivity index (χ0n) is 13.6.